The van der Waals surface area contributed by atoms with Crippen molar-refractivity contribution in [2.24, 2.45) is 0 Å². The number of nitrogens with zero attached hydrogens (tertiary/aromatic N) is 1. The molecule has 0 amide bonds. The van der Waals surface area contributed by atoms with Crippen LogP contribution in [0, 0.1) is 5.82 Å². The molecule has 5 nitrogen and oxygen atoms in total. The first-order valence-corrected chi connectivity index (χ1v) is 6.51. The van der Waals surface area contributed by atoms with E-state index in [1.807, 2.05) is 0 Å². The van der Waals surface area contributed by atoms with Crippen LogP contribution >= 0.6 is 0 Å². The number of methoxy groups -OCH3 is 1. The highest BCUT2D eigenvalue weighted by Crippen LogP contribution is 2.29. The number of hydrogen-bond donors (Lipinski definition) is 1. The highest BCUT2D eigenvalue weighted by atomic mass is 32.2. The van der Waals surface area contributed by atoms with Crippen molar-refractivity contribution in [3.05, 3.63) is 17.9 Å². The minimum absolute atomic E-state index is 0.230. The largest absolute Gasteiger partial charge is 0.492 e. The van der Waals surface area contributed by atoms with Gasteiger partial charge in [0.25, 0.3) is 6.43 Å². The highest BCUT2D eigenvalue weighted by molar-refractivity contribution is 7.89. The lowest BCUT2D eigenvalue weighted by Crippen LogP contribution is -2.31. The van der Waals surface area contributed by atoms with Gasteiger partial charge in [0.15, 0.2) is 11.6 Å². The van der Waals surface area contributed by atoms with Gasteiger partial charge in [-0.25, -0.2) is 21.6 Å². The van der Waals surface area contributed by atoms with E-state index in [1.54, 1.807) is 0 Å². The molecule has 1 rings (SSSR count). The van der Waals surface area contributed by atoms with E-state index in [0.29, 0.717) is 10.4 Å². The number of ether oxygens (including phenoxy) is 1. The minimum atomic E-state index is -4.23. The first-order chi connectivity index (χ1) is 8.70. The number of nitrogens with two attached hydrogens (primary N) is 1. The molecule has 0 radical (unpaired) electrons. The van der Waals surface area contributed by atoms with Gasteiger partial charge in [-0.1, -0.05) is 0 Å². The van der Waals surface area contributed by atoms with Crippen LogP contribution < -0.4 is 10.5 Å². The Bertz CT molecular complexity index is 540. The van der Waals surface area contributed by atoms with E-state index >= 15 is 0 Å². The van der Waals surface area contributed by atoms with Crippen molar-refractivity contribution in [3.8, 4) is 5.75 Å². The average Bonchev–Trinajstić information content (AvgIpc) is 2.27. The maximum absolute atomic E-state index is 13.5. The zero-order valence-corrected chi connectivity index (χ0v) is 11.0. The molecule has 0 saturated carbocycles. The molecule has 9 heteroatoms. The third kappa shape index (κ3) is 3.29. The summed E-state index contributed by atoms with van der Waals surface area (Å²) in [5.41, 5.74) is 5.20. The monoisotopic (exact) mass is 298 g/mol. The molecule has 1 aromatic rings. The summed E-state index contributed by atoms with van der Waals surface area (Å²) in [6.07, 6.45) is -2.83. The molecular formula is C10H13F3N2O3S. The van der Waals surface area contributed by atoms with Crippen LogP contribution in [0.2, 0.25) is 0 Å². The Hall–Kier alpha value is -1.48. The SMILES string of the molecule is COc1c(N)cc(S(=O)(=O)N(C)CC(F)F)cc1F. The molecule has 0 aliphatic heterocycles. The summed E-state index contributed by atoms with van der Waals surface area (Å²) in [6.45, 7) is -0.990. The molecule has 0 aromatic heterocycles. The van der Waals surface area contributed by atoms with Crippen molar-refractivity contribution in [3.63, 3.8) is 0 Å². The van der Waals surface area contributed by atoms with Gasteiger partial charge in [-0.2, -0.15) is 4.31 Å². The van der Waals surface area contributed by atoms with E-state index in [-0.39, 0.29) is 11.4 Å². The molecule has 0 spiro atoms. The van der Waals surface area contributed by atoms with Gasteiger partial charge in [0, 0.05) is 7.05 Å². The van der Waals surface area contributed by atoms with Crippen molar-refractivity contribution in [1.82, 2.24) is 4.31 Å². The van der Waals surface area contributed by atoms with E-state index in [9.17, 15) is 21.6 Å². The quantitative estimate of drug-likeness (QED) is 0.832. The number of alkyl halides is 2. The predicted octanol–water partition coefficient (Wildman–Crippen LogP) is 1.30. The maximum atomic E-state index is 13.5. The van der Waals surface area contributed by atoms with Gasteiger partial charge in [0.05, 0.1) is 24.2 Å². The van der Waals surface area contributed by atoms with E-state index in [4.69, 9.17) is 5.73 Å². The summed E-state index contributed by atoms with van der Waals surface area (Å²) >= 11 is 0. The zero-order valence-electron chi connectivity index (χ0n) is 10.2. The number of anilines is 1. The van der Waals surface area contributed by atoms with Gasteiger partial charge in [-0.3, -0.25) is 0 Å². The molecule has 1 aromatic carbocycles. The molecule has 108 valence electrons. The summed E-state index contributed by atoms with van der Waals surface area (Å²) in [6, 6.07) is 1.63. The number of hydrogen-bond acceptors (Lipinski definition) is 4. The molecule has 0 aliphatic rings. The van der Waals surface area contributed by atoms with Gasteiger partial charge < -0.3 is 10.5 Å². The van der Waals surface area contributed by atoms with Crippen molar-refractivity contribution < 1.29 is 26.3 Å². The second kappa shape index (κ2) is 5.66. The van der Waals surface area contributed by atoms with Crippen LogP contribution in [0.5, 0.6) is 5.75 Å². The fraction of sp³-hybridized carbons (Fsp3) is 0.400. The summed E-state index contributed by atoms with van der Waals surface area (Å²) in [7, 11) is -2.08. The number of halogens is 3. The molecule has 0 bridgehead atoms. The van der Waals surface area contributed by atoms with Gasteiger partial charge in [0.1, 0.15) is 0 Å². The average molecular weight is 298 g/mol. The van der Waals surface area contributed by atoms with Crippen molar-refractivity contribution in [2.45, 2.75) is 11.3 Å². The van der Waals surface area contributed by atoms with Gasteiger partial charge in [-0.15, -0.1) is 0 Å². The second-order valence-corrected chi connectivity index (χ2v) is 5.75. The number of benzene rings is 1. The highest BCUT2D eigenvalue weighted by Gasteiger charge is 2.25. The Morgan fingerprint density at radius 2 is 2.00 bits per heavy atom. The first-order valence-electron chi connectivity index (χ1n) is 5.07. The fourth-order valence-electron chi connectivity index (χ4n) is 1.43. The van der Waals surface area contributed by atoms with Crippen LogP contribution in [0.1, 0.15) is 0 Å². The molecular weight excluding hydrogens is 285 g/mol. The molecule has 0 unspecified atom stereocenters. The van der Waals surface area contributed by atoms with Gasteiger partial charge >= 0.3 is 0 Å². The molecule has 0 aliphatic carbocycles. The lowest BCUT2D eigenvalue weighted by atomic mass is 10.3. The summed E-state index contributed by atoms with van der Waals surface area (Å²) in [5, 5.41) is 0. The molecule has 0 heterocycles. The van der Waals surface area contributed by atoms with Crippen LogP contribution in [0.3, 0.4) is 0 Å². The third-order valence-corrected chi connectivity index (χ3v) is 4.15. The Morgan fingerprint density at radius 3 is 2.42 bits per heavy atom. The smallest absolute Gasteiger partial charge is 0.252 e. The molecule has 0 atom stereocenters. The van der Waals surface area contributed by atoms with E-state index in [1.165, 1.54) is 7.11 Å². The van der Waals surface area contributed by atoms with Crippen LogP contribution in [-0.4, -0.2) is 39.9 Å². The maximum Gasteiger partial charge on any atom is 0.252 e. The second-order valence-electron chi connectivity index (χ2n) is 3.70. The third-order valence-electron chi connectivity index (χ3n) is 2.35. The summed E-state index contributed by atoms with van der Waals surface area (Å²) < 4.78 is 66.8. The van der Waals surface area contributed by atoms with Crippen molar-refractivity contribution in [1.29, 1.82) is 0 Å². The van der Waals surface area contributed by atoms with Crippen LogP contribution in [0.25, 0.3) is 0 Å². The lowest BCUT2D eigenvalue weighted by molar-refractivity contribution is 0.126. The Morgan fingerprint density at radius 1 is 1.42 bits per heavy atom. The van der Waals surface area contributed by atoms with Crippen LogP contribution in [-0.2, 0) is 10.0 Å². The molecule has 0 saturated heterocycles. The first kappa shape index (κ1) is 15.6. The predicted molar refractivity (Wildman–Crippen MR) is 63.2 cm³/mol. The van der Waals surface area contributed by atoms with E-state index < -0.39 is 33.7 Å². The molecule has 2 N–H and O–H groups in total. The fourth-order valence-corrected chi connectivity index (χ4v) is 2.62. The van der Waals surface area contributed by atoms with Gasteiger partial charge in [-0.05, 0) is 12.1 Å². The minimum Gasteiger partial charge on any atom is -0.492 e. The Labute approximate surface area is 108 Å². The van der Waals surface area contributed by atoms with Gasteiger partial charge in [0.2, 0.25) is 10.0 Å². The van der Waals surface area contributed by atoms with E-state index in [0.717, 1.165) is 13.1 Å². The van der Waals surface area contributed by atoms with Crippen molar-refractivity contribution >= 4 is 15.7 Å². The van der Waals surface area contributed by atoms with Crippen LogP contribution in [0.4, 0.5) is 18.9 Å². The number of rotatable bonds is 5. The standard InChI is InChI=1S/C10H13F3N2O3S/c1-15(5-9(12)13)19(16,17)6-3-7(11)10(18-2)8(14)4-6/h3-4,9H,5,14H2,1-2H3. The Kier molecular flexibility index (Phi) is 4.64. The summed E-state index contributed by atoms with van der Waals surface area (Å²) in [5.74, 6) is -1.28. The normalized spacial score (nSPS) is 12.2. The zero-order chi connectivity index (χ0) is 14.8. The molecule has 0 fully saturated rings. The topological polar surface area (TPSA) is 72.6 Å². The molecule has 19 heavy (non-hydrogen) atoms. The lowest BCUT2D eigenvalue weighted by Gasteiger charge is -2.17. The van der Waals surface area contributed by atoms with Crippen molar-refractivity contribution in [2.75, 3.05) is 26.4 Å². The van der Waals surface area contributed by atoms with Crippen LogP contribution in [0.15, 0.2) is 17.0 Å². The summed E-state index contributed by atoms with van der Waals surface area (Å²) in [4.78, 5) is -0.508. The Balaban J connectivity index is 3.23. The number of sulfonamides is 1. The number of nitrogen functional groups attached to an aromatic ring is 1. The van der Waals surface area contributed by atoms with E-state index in [2.05, 4.69) is 4.74 Å².